The van der Waals surface area contributed by atoms with Crippen LogP contribution in [0.25, 0.3) is 0 Å². The van der Waals surface area contributed by atoms with Crippen LogP contribution >= 0.6 is 11.6 Å². The fraction of sp³-hybridized carbons (Fsp3) is 0.250. The lowest BCUT2D eigenvalue weighted by Crippen LogP contribution is -2.08. The van der Waals surface area contributed by atoms with Gasteiger partial charge in [-0.15, -0.1) is 0 Å². The number of nitro groups is 1. The smallest absolute Gasteiger partial charge is 0.269 e. The molecule has 1 aromatic rings. The van der Waals surface area contributed by atoms with Gasteiger partial charge in [0, 0.05) is 22.7 Å². The highest BCUT2D eigenvalue weighted by atomic mass is 35.5. The maximum atomic E-state index is 12.1. The molecule has 0 fully saturated rings. The Balaban J connectivity index is 3.16. The molecule has 7 heteroatoms. The fourth-order valence-corrected chi connectivity index (χ4v) is 1.24. The maximum absolute atomic E-state index is 12.1. The van der Waals surface area contributed by atoms with Crippen LogP contribution in [0.3, 0.4) is 0 Å². The van der Waals surface area contributed by atoms with Crippen LogP contribution < -0.4 is 0 Å². The number of aliphatic hydroxyl groups is 1. The molecule has 1 N–H and O–H groups in total. The van der Waals surface area contributed by atoms with E-state index in [1.807, 2.05) is 0 Å². The van der Waals surface area contributed by atoms with Gasteiger partial charge in [-0.2, -0.15) is 0 Å². The number of aliphatic hydroxyl groups excluding tert-OH is 1. The van der Waals surface area contributed by atoms with Crippen LogP contribution in [0.5, 0.6) is 0 Å². The Morgan fingerprint density at radius 3 is 2.53 bits per heavy atom. The number of alkyl halides is 2. The molecule has 0 saturated carbocycles. The molecule has 15 heavy (non-hydrogen) atoms. The molecule has 1 unspecified atom stereocenters. The molecule has 0 aromatic heterocycles. The Bertz CT molecular complexity index is 386. The van der Waals surface area contributed by atoms with Crippen molar-refractivity contribution in [3.05, 3.63) is 38.9 Å². The summed E-state index contributed by atoms with van der Waals surface area (Å²) in [5, 5.41) is 19.2. The summed E-state index contributed by atoms with van der Waals surface area (Å²) in [6.07, 6.45) is -5.15. The van der Waals surface area contributed by atoms with E-state index in [9.17, 15) is 18.9 Å². The Morgan fingerprint density at radius 2 is 2.07 bits per heavy atom. The molecule has 4 nitrogen and oxygen atoms in total. The number of hydrogen-bond donors (Lipinski definition) is 1. The molecular formula is C8H6ClF2NO3. The molecule has 0 spiro atoms. The van der Waals surface area contributed by atoms with Crippen molar-refractivity contribution in [3.63, 3.8) is 0 Å². The highest BCUT2D eigenvalue weighted by Gasteiger charge is 2.23. The Labute approximate surface area is 88.2 Å². The van der Waals surface area contributed by atoms with Crippen LogP contribution in [-0.4, -0.2) is 16.5 Å². The first-order valence-corrected chi connectivity index (χ1v) is 4.21. The average molecular weight is 238 g/mol. The van der Waals surface area contributed by atoms with Gasteiger partial charge in [0.05, 0.1) is 4.92 Å². The third-order valence-electron chi connectivity index (χ3n) is 1.75. The van der Waals surface area contributed by atoms with E-state index in [0.29, 0.717) is 0 Å². The molecule has 0 amide bonds. The minimum Gasteiger partial charge on any atom is -0.382 e. The maximum Gasteiger partial charge on any atom is 0.269 e. The van der Waals surface area contributed by atoms with Gasteiger partial charge in [-0.1, -0.05) is 11.6 Å². The molecule has 1 aromatic carbocycles. The second-order valence-corrected chi connectivity index (χ2v) is 3.15. The second-order valence-electron chi connectivity index (χ2n) is 2.74. The highest BCUT2D eigenvalue weighted by molar-refractivity contribution is 6.31. The predicted octanol–water partition coefficient (Wildman–Crippen LogP) is 2.55. The van der Waals surface area contributed by atoms with E-state index >= 15 is 0 Å². The van der Waals surface area contributed by atoms with Crippen LogP contribution in [0.4, 0.5) is 14.5 Å². The van der Waals surface area contributed by atoms with Crippen molar-refractivity contribution in [1.82, 2.24) is 0 Å². The summed E-state index contributed by atoms with van der Waals surface area (Å²) < 4.78 is 24.3. The number of nitro benzene ring substituents is 1. The third-order valence-corrected chi connectivity index (χ3v) is 2.09. The van der Waals surface area contributed by atoms with Crippen molar-refractivity contribution < 1.29 is 18.8 Å². The third kappa shape index (κ3) is 2.60. The van der Waals surface area contributed by atoms with Crippen molar-refractivity contribution in [2.24, 2.45) is 0 Å². The summed E-state index contributed by atoms with van der Waals surface area (Å²) in [6, 6.07) is 3.00. The minimum atomic E-state index is -3.04. The quantitative estimate of drug-likeness (QED) is 0.649. The van der Waals surface area contributed by atoms with Crippen molar-refractivity contribution in [2.75, 3.05) is 0 Å². The lowest BCUT2D eigenvalue weighted by atomic mass is 10.1. The van der Waals surface area contributed by atoms with E-state index in [-0.39, 0.29) is 10.6 Å². The molecule has 1 atom stereocenters. The number of hydrogen-bond acceptors (Lipinski definition) is 3. The Kier molecular flexibility index (Phi) is 3.54. The van der Waals surface area contributed by atoms with Gasteiger partial charge in [-0.25, -0.2) is 8.78 Å². The summed E-state index contributed by atoms with van der Waals surface area (Å²) >= 11 is 5.52. The zero-order valence-electron chi connectivity index (χ0n) is 7.23. The normalized spacial score (nSPS) is 12.9. The van der Waals surface area contributed by atoms with Gasteiger partial charge in [-0.05, 0) is 6.07 Å². The van der Waals surface area contributed by atoms with Crippen LogP contribution in [0, 0.1) is 10.1 Å². The molecule has 1 rings (SSSR count). The molecule has 0 bridgehead atoms. The van der Waals surface area contributed by atoms with Gasteiger partial charge in [0.25, 0.3) is 12.1 Å². The van der Waals surface area contributed by atoms with Gasteiger partial charge < -0.3 is 5.11 Å². The molecule has 0 aliphatic carbocycles. The standard InChI is InChI=1S/C8H6ClF2NO3/c9-6-2-1-4(12(14)15)3-5(6)7(13)8(10)11/h1-3,7-8,13H. The summed E-state index contributed by atoms with van der Waals surface area (Å²) in [5.41, 5.74) is -0.741. The minimum absolute atomic E-state index is 0.131. The fourth-order valence-electron chi connectivity index (χ4n) is 1.01. The van der Waals surface area contributed by atoms with Crippen LogP contribution in [0.15, 0.2) is 18.2 Å². The molecule has 0 heterocycles. The first-order valence-electron chi connectivity index (χ1n) is 3.83. The molecule has 82 valence electrons. The molecular weight excluding hydrogens is 232 g/mol. The predicted molar refractivity (Wildman–Crippen MR) is 49.1 cm³/mol. The van der Waals surface area contributed by atoms with E-state index in [1.165, 1.54) is 0 Å². The zero-order valence-corrected chi connectivity index (χ0v) is 7.99. The topological polar surface area (TPSA) is 63.4 Å². The monoisotopic (exact) mass is 237 g/mol. The molecule has 0 radical (unpaired) electrons. The number of non-ortho nitro benzene ring substituents is 1. The Hall–Kier alpha value is -1.27. The SMILES string of the molecule is O=[N+]([O-])c1ccc(Cl)c(C(O)C(F)F)c1. The van der Waals surface area contributed by atoms with Gasteiger partial charge in [0.2, 0.25) is 0 Å². The molecule has 0 saturated heterocycles. The van der Waals surface area contributed by atoms with Crippen molar-refractivity contribution in [3.8, 4) is 0 Å². The Morgan fingerprint density at radius 1 is 1.47 bits per heavy atom. The van der Waals surface area contributed by atoms with E-state index in [4.69, 9.17) is 16.7 Å². The van der Waals surface area contributed by atoms with Crippen LogP contribution in [0.2, 0.25) is 5.02 Å². The van der Waals surface area contributed by atoms with Crippen molar-refractivity contribution >= 4 is 17.3 Å². The number of nitrogens with zero attached hydrogens (tertiary/aromatic N) is 1. The van der Waals surface area contributed by atoms with Gasteiger partial charge >= 0.3 is 0 Å². The second kappa shape index (κ2) is 4.50. The zero-order chi connectivity index (χ0) is 11.6. The van der Waals surface area contributed by atoms with Crippen LogP contribution in [0.1, 0.15) is 11.7 Å². The summed E-state index contributed by atoms with van der Waals surface area (Å²) in [7, 11) is 0. The lowest BCUT2D eigenvalue weighted by molar-refractivity contribution is -0.385. The lowest BCUT2D eigenvalue weighted by Gasteiger charge is -2.10. The molecule has 0 aliphatic heterocycles. The van der Waals surface area contributed by atoms with E-state index in [1.54, 1.807) is 0 Å². The summed E-state index contributed by atoms with van der Waals surface area (Å²) in [4.78, 5) is 9.60. The van der Waals surface area contributed by atoms with E-state index < -0.39 is 23.1 Å². The summed E-state index contributed by atoms with van der Waals surface area (Å²) in [5.74, 6) is 0. The van der Waals surface area contributed by atoms with Gasteiger partial charge in [-0.3, -0.25) is 10.1 Å². The number of rotatable bonds is 3. The van der Waals surface area contributed by atoms with E-state index in [2.05, 4.69) is 0 Å². The van der Waals surface area contributed by atoms with E-state index in [0.717, 1.165) is 18.2 Å². The average Bonchev–Trinajstić information content (AvgIpc) is 2.16. The largest absolute Gasteiger partial charge is 0.382 e. The first-order chi connectivity index (χ1) is 6.93. The van der Waals surface area contributed by atoms with Crippen molar-refractivity contribution in [2.45, 2.75) is 12.5 Å². The van der Waals surface area contributed by atoms with Crippen molar-refractivity contribution in [1.29, 1.82) is 0 Å². The first kappa shape index (κ1) is 11.8. The number of halogens is 3. The number of benzene rings is 1. The van der Waals surface area contributed by atoms with Crippen LogP contribution in [-0.2, 0) is 0 Å². The van der Waals surface area contributed by atoms with Gasteiger partial charge in [0.1, 0.15) is 6.10 Å². The summed E-state index contributed by atoms with van der Waals surface area (Å²) in [6.45, 7) is 0. The highest BCUT2D eigenvalue weighted by Crippen LogP contribution is 2.30. The van der Waals surface area contributed by atoms with Gasteiger partial charge in [0.15, 0.2) is 0 Å². The molecule has 0 aliphatic rings.